The maximum atomic E-state index is 11.3. The van der Waals surface area contributed by atoms with Gasteiger partial charge in [0, 0.05) is 26.0 Å². The van der Waals surface area contributed by atoms with Gasteiger partial charge in [-0.05, 0) is 25.0 Å². The molecule has 1 amide bonds. The Hall–Kier alpha value is -2.68. The van der Waals surface area contributed by atoms with E-state index in [-0.39, 0.29) is 18.2 Å². The van der Waals surface area contributed by atoms with Gasteiger partial charge in [0.1, 0.15) is 12.4 Å². The van der Waals surface area contributed by atoms with Crippen LogP contribution in [-0.4, -0.2) is 41.8 Å². The highest BCUT2D eigenvalue weighted by atomic mass is 16.7. The Morgan fingerprint density at radius 2 is 1.92 bits per heavy atom. The Labute approximate surface area is 144 Å². The molecule has 0 spiro atoms. The maximum Gasteiger partial charge on any atom is 0.302 e. The molecule has 134 valence electrons. The van der Waals surface area contributed by atoms with Crippen LogP contribution in [0.3, 0.4) is 0 Å². The van der Waals surface area contributed by atoms with Gasteiger partial charge in [0.05, 0.1) is 17.1 Å². The van der Waals surface area contributed by atoms with Crippen molar-refractivity contribution in [3.63, 3.8) is 0 Å². The molecule has 2 radical (unpaired) electrons. The number of nitro groups is 1. The fourth-order valence-corrected chi connectivity index (χ4v) is 2.16. The average Bonchev–Trinajstić information content (AvgIpc) is 2.55. The van der Waals surface area contributed by atoms with E-state index in [0.717, 1.165) is 0 Å². The first kappa shape index (κ1) is 18.7. The van der Waals surface area contributed by atoms with Crippen molar-refractivity contribution in [2.45, 2.75) is 32.3 Å². The van der Waals surface area contributed by atoms with Crippen molar-refractivity contribution in [2.75, 3.05) is 6.61 Å². The first-order valence-electron chi connectivity index (χ1n) is 7.50. The zero-order chi connectivity index (χ0) is 18.4. The quantitative estimate of drug-likeness (QED) is 0.465. The summed E-state index contributed by atoms with van der Waals surface area (Å²) in [5, 5.41) is 13.4. The molecule has 0 saturated carbocycles. The molecule has 1 aromatic rings. The summed E-state index contributed by atoms with van der Waals surface area (Å²) in [6.45, 7) is 2.66. The van der Waals surface area contributed by atoms with E-state index in [4.69, 9.17) is 14.2 Å². The van der Waals surface area contributed by atoms with Crippen LogP contribution in [0.2, 0.25) is 0 Å². The SMILES string of the molecule is CC(=O)N[C@@H]1[CH][CH]C(COC(C)=O)O[C@H]1Oc1ccc([N+](=O)[O-])cc1. The standard InChI is InChI=1S/C16H18N2O7/c1-10(19)17-15-8-7-14(9-23-11(2)20)25-16(15)24-13-5-3-12(4-6-13)18(21)22/h3-8,14-16H,9H2,1-2H3,(H,17,19)/t14?,15-,16-/m1/s1. The molecule has 9 heteroatoms. The molecule has 1 aliphatic rings. The van der Waals surface area contributed by atoms with Crippen molar-refractivity contribution in [3.05, 3.63) is 47.2 Å². The Kier molecular flexibility index (Phi) is 6.29. The van der Waals surface area contributed by atoms with Gasteiger partial charge in [-0.3, -0.25) is 19.7 Å². The summed E-state index contributed by atoms with van der Waals surface area (Å²) in [6, 6.07) is 4.92. The van der Waals surface area contributed by atoms with Crippen LogP contribution in [-0.2, 0) is 19.1 Å². The molecule has 0 aromatic heterocycles. The zero-order valence-electron chi connectivity index (χ0n) is 13.7. The molecule has 25 heavy (non-hydrogen) atoms. The van der Waals surface area contributed by atoms with Crippen LogP contribution in [0.25, 0.3) is 0 Å². The van der Waals surface area contributed by atoms with Crippen molar-refractivity contribution < 1.29 is 28.7 Å². The molecule has 1 aliphatic heterocycles. The number of esters is 1. The van der Waals surface area contributed by atoms with E-state index in [1.807, 2.05) is 0 Å². The Morgan fingerprint density at radius 3 is 2.48 bits per heavy atom. The van der Waals surface area contributed by atoms with Gasteiger partial charge in [-0.1, -0.05) is 0 Å². The number of nitrogens with zero attached hydrogens (tertiary/aromatic N) is 1. The van der Waals surface area contributed by atoms with Gasteiger partial charge in [-0.25, -0.2) is 0 Å². The molecule has 2 rings (SSSR count). The molecule has 1 unspecified atom stereocenters. The number of benzene rings is 1. The van der Waals surface area contributed by atoms with E-state index in [9.17, 15) is 19.7 Å². The van der Waals surface area contributed by atoms with Gasteiger partial charge < -0.3 is 19.5 Å². The molecule has 1 saturated heterocycles. The van der Waals surface area contributed by atoms with Crippen molar-refractivity contribution in [1.82, 2.24) is 5.32 Å². The normalized spacial score (nSPS) is 22.7. The molecule has 0 bridgehead atoms. The first-order valence-corrected chi connectivity index (χ1v) is 7.50. The third kappa shape index (κ3) is 5.71. The van der Waals surface area contributed by atoms with Gasteiger partial charge in [-0.15, -0.1) is 0 Å². The largest absolute Gasteiger partial charge is 0.463 e. The summed E-state index contributed by atoms with van der Waals surface area (Å²) < 4.78 is 16.3. The van der Waals surface area contributed by atoms with E-state index in [2.05, 4.69) is 5.32 Å². The number of nitro benzene ring substituents is 1. The average molecular weight is 350 g/mol. The molecule has 9 nitrogen and oxygen atoms in total. The topological polar surface area (TPSA) is 117 Å². The second kappa shape index (κ2) is 8.43. The van der Waals surface area contributed by atoms with Gasteiger partial charge in [0.2, 0.25) is 12.2 Å². The fourth-order valence-electron chi connectivity index (χ4n) is 2.16. The molecule has 1 fully saturated rings. The Balaban J connectivity index is 2.05. The number of non-ortho nitro benzene ring substituents is 1. The van der Waals surface area contributed by atoms with Crippen molar-refractivity contribution in [2.24, 2.45) is 0 Å². The lowest BCUT2D eigenvalue weighted by Gasteiger charge is -2.35. The summed E-state index contributed by atoms with van der Waals surface area (Å²) in [5.41, 5.74) is -0.0667. The van der Waals surface area contributed by atoms with Crippen molar-refractivity contribution in [3.8, 4) is 5.75 Å². The zero-order valence-corrected chi connectivity index (χ0v) is 13.7. The summed E-state index contributed by atoms with van der Waals surface area (Å²) in [7, 11) is 0. The van der Waals surface area contributed by atoms with E-state index in [1.165, 1.54) is 38.1 Å². The van der Waals surface area contributed by atoms with Crippen LogP contribution in [0.4, 0.5) is 5.69 Å². The molecule has 1 aromatic carbocycles. The van der Waals surface area contributed by atoms with Crippen molar-refractivity contribution >= 4 is 17.6 Å². The lowest BCUT2D eigenvalue weighted by Crippen LogP contribution is -2.52. The highest BCUT2D eigenvalue weighted by Gasteiger charge is 2.34. The number of hydrogen-bond acceptors (Lipinski definition) is 7. The van der Waals surface area contributed by atoms with Crippen LogP contribution in [0.5, 0.6) is 5.75 Å². The lowest BCUT2D eigenvalue weighted by atomic mass is 10.0. The number of nitrogens with one attached hydrogen (secondary N) is 1. The van der Waals surface area contributed by atoms with E-state index >= 15 is 0 Å². The minimum atomic E-state index is -0.879. The highest BCUT2D eigenvalue weighted by molar-refractivity contribution is 5.73. The molecular weight excluding hydrogens is 332 g/mol. The van der Waals surface area contributed by atoms with E-state index in [0.29, 0.717) is 5.75 Å². The third-order valence-electron chi connectivity index (χ3n) is 3.26. The van der Waals surface area contributed by atoms with Crippen LogP contribution < -0.4 is 10.1 Å². The molecule has 0 aliphatic carbocycles. The first-order chi connectivity index (χ1) is 11.8. The minimum absolute atomic E-state index is 0.0126. The van der Waals surface area contributed by atoms with Crippen LogP contribution >= 0.6 is 0 Å². The van der Waals surface area contributed by atoms with Gasteiger partial charge >= 0.3 is 5.97 Å². The molecule has 3 atom stereocenters. The fraction of sp³-hybridized carbons (Fsp3) is 0.375. The van der Waals surface area contributed by atoms with Gasteiger partial charge in [0.15, 0.2) is 0 Å². The number of rotatable bonds is 6. The molecule has 1 heterocycles. The number of carbonyl (C=O) groups is 2. The van der Waals surface area contributed by atoms with E-state index in [1.54, 1.807) is 12.8 Å². The van der Waals surface area contributed by atoms with Crippen molar-refractivity contribution in [1.29, 1.82) is 0 Å². The predicted molar refractivity (Wildman–Crippen MR) is 85.2 cm³/mol. The summed E-state index contributed by atoms with van der Waals surface area (Å²) in [4.78, 5) is 32.4. The highest BCUT2D eigenvalue weighted by Crippen LogP contribution is 2.24. The Morgan fingerprint density at radius 1 is 1.24 bits per heavy atom. The van der Waals surface area contributed by atoms with Crippen LogP contribution in [0, 0.1) is 23.0 Å². The van der Waals surface area contributed by atoms with Crippen LogP contribution in [0.15, 0.2) is 24.3 Å². The van der Waals surface area contributed by atoms with Gasteiger partial charge in [0.25, 0.3) is 5.69 Å². The smallest absolute Gasteiger partial charge is 0.302 e. The third-order valence-corrected chi connectivity index (χ3v) is 3.26. The molecular formula is C16H18N2O7. The monoisotopic (exact) mass is 350 g/mol. The number of ether oxygens (including phenoxy) is 3. The number of carbonyl (C=O) groups excluding carboxylic acids is 2. The summed E-state index contributed by atoms with van der Waals surface area (Å²) in [5.74, 6) is -0.365. The van der Waals surface area contributed by atoms with E-state index < -0.39 is 29.3 Å². The number of amides is 1. The number of hydrogen-bond donors (Lipinski definition) is 1. The van der Waals surface area contributed by atoms with Gasteiger partial charge in [-0.2, -0.15) is 0 Å². The van der Waals surface area contributed by atoms with Crippen LogP contribution in [0.1, 0.15) is 13.8 Å². The second-order valence-corrected chi connectivity index (χ2v) is 5.33. The summed E-state index contributed by atoms with van der Waals surface area (Å²) >= 11 is 0. The second-order valence-electron chi connectivity index (χ2n) is 5.33. The summed E-state index contributed by atoms with van der Waals surface area (Å²) in [6.07, 6.45) is 1.95. The molecule has 1 N–H and O–H groups in total. The maximum absolute atomic E-state index is 11.3. The Bertz CT molecular complexity index is 632. The minimum Gasteiger partial charge on any atom is -0.463 e. The lowest BCUT2D eigenvalue weighted by molar-refractivity contribution is -0.384. The predicted octanol–water partition coefficient (Wildman–Crippen LogP) is 1.17.